The molecule has 0 unspecified atom stereocenters. The number of pyridine rings is 1. The van der Waals surface area contributed by atoms with Gasteiger partial charge >= 0.3 is 0 Å². The molecule has 7 heteroatoms. The number of hydrogen-bond acceptors (Lipinski definition) is 2. The number of imidazole rings is 1. The monoisotopic (exact) mass is 808 g/mol. The zero-order chi connectivity index (χ0) is 41.4. The van der Waals surface area contributed by atoms with Crippen LogP contribution < -0.4 is 9.30 Å². The van der Waals surface area contributed by atoms with Gasteiger partial charge in [-0.2, -0.15) is 0 Å². The van der Waals surface area contributed by atoms with Gasteiger partial charge in [0.1, 0.15) is 17.3 Å². The molecule has 5 heterocycles. The van der Waals surface area contributed by atoms with E-state index in [2.05, 4.69) is 178 Å². The first-order valence-electron chi connectivity index (χ1n) is 21.1. The summed E-state index contributed by atoms with van der Waals surface area (Å²) in [5.41, 5.74) is 10.8. The summed E-state index contributed by atoms with van der Waals surface area (Å²) >= 11 is 0. The smallest absolute Gasteiger partial charge is 0.268 e. The Labute approximate surface area is 361 Å². The normalized spacial score (nSPS) is 11.8. The molecule has 0 atom stereocenters. The molecule has 0 radical (unpaired) electrons. The Balaban J connectivity index is 1.13. The van der Waals surface area contributed by atoms with Crippen LogP contribution in [0.25, 0.3) is 94.0 Å². The average Bonchev–Trinajstić information content (AvgIpc) is 4.13. The molecule has 0 saturated heterocycles. The van der Waals surface area contributed by atoms with Crippen molar-refractivity contribution in [2.24, 2.45) is 0 Å². The zero-order valence-electron chi connectivity index (χ0n) is 33.9. The lowest BCUT2D eigenvalue weighted by atomic mass is 10.0. The van der Waals surface area contributed by atoms with Gasteiger partial charge in [0.2, 0.25) is 0 Å². The lowest BCUT2D eigenvalue weighted by Crippen LogP contribution is -2.28. The Kier molecular flexibility index (Phi) is 7.77. The second-order valence-electron chi connectivity index (χ2n) is 15.8. The molecule has 0 spiro atoms. The zero-order valence-corrected chi connectivity index (χ0v) is 33.9. The summed E-state index contributed by atoms with van der Waals surface area (Å²) in [6.07, 6.45) is 9.34. The van der Waals surface area contributed by atoms with E-state index in [1.807, 2.05) is 70.2 Å². The Morgan fingerprint density at radius 2 is 0.968 bits per heavy atom. The molecule has 5 aromatic heterocycles. The van der Waals surface area contributed by atoms with Crippen LogP contribution in [0.4, 0.5) is 0 Å². The minimum absolute atomic E-state index is 0.721. The van der Waals surface area contributed by atoms with Crippen LogP contribution in [0.15, 0.2) is 219 Å². The van der Waals surface area contributed by atoms with Crippen molar-refractivity contribution in [1.29, 1.82) is 0 Å². The fourth-order valence-electron chi connectivity index (χ4n) is 9.68. The highest BCUT2D eigenvalue weighted by Crippen LogP contribution is 2.50. The molecule has 0 saturated carbocycles. The van der Waals surface area contributed by atoms with E-state index >= 15 is 0 Å². The van der Waals surface area contributed by atoms with Crippen molar-refractivity contribution in [3.05, 3.63) is 225 Å². The molecule has 0 bridgehead atoms. The molecular weight excluding hydrogens is 773 g/mol. The minimum atomic E-state index is 0.721. The summed E-state index contributed by atoms with van der Waals surface area (Å²) < 4.78 is 18.0. The Hall–Kier alpha value is -8.68. The predicted molar refractivity (Wildman–Crippen MR) is 253 cm³/mol. The Bertz CT molecular complexity index is 3860. The van der Waals surface area contributed by atoms with Gasteiger partial charge in [-0.25, -0.2) is 4.98 Å². The number of aromatic nitrogens is 6. The van der Waals surface area contributed by atoms with Crippen LogP contribution in [0.1, 0.15) is 0 Å². The van der Waals surface area contributed by atoms with Crippen LogP contribution in [-0.4, -0.2) is 23.3 Å². The first-order valence-corrected chi connectivity index (χ1v) is 21.1. The van der Waals surface area contributed by atoms with Gasteiger partial charge in [0.25, 0.3) is 6.33 Å². The van der Waals surface area contributed by atoms with Crippen LogP contribution in [0.2, 0.25) is 0 Å². The van der Waals surface area contributed by atoms with Gasteiger partial charge < -0.3 is 13.9 Å². The van der Waals surface area contributed by atoms with Gasteiger partial charge in [0.05, 0.1) is 44.5 Å². The number of nitrogens with zero attached hydrogens (tertiary/aromatic N) is 6. The topological polar surface area (TPSA) is 45.7 Å². The average molecular weight is 809 g/mol. The van der Waals surface area contributed by atoms with Crippen molar-refractivity contribution in [2.75, 3.05) is 0 Å². The molecule has 0 fully saturated rings. The minimum Gasteiger partial charge on any atom is -0.458 e. The first kappa shape index (κ1) is 35.1. The van der Waals surface area contributed by atoms with E-state index in [1.54, 1.807) is 0 Å². The van der Waals surface area contributed by atoms with E-state index < -0.39 is 0 Å². The second-order valence-corrected chi connectivity index (χ2v) is 15.8. The third kappa shape index (κ3) is 5.40. The Morgan fingerprint density at radius 3 is 1.59 bits per heavy atom. The lowest BCUT2D eigenvalue weighted by Gasteiger charge is -2.13. The van der Waals surface area contributed by atoms with E-state index in [1.165, 1.54) is 21.5 Å². The van der Waals surface area contributed by atoms with E-state index in [0.717, 1.165) is 83.9 Å². The first-order chi connectivity index (χ1) is 31.3. The SMILES string of the molecule is [c-]1n(-c2ccccc2)cc[n+]1-c1cccc(Oc2ccc3c4c5c(c6ccccc6n5-c5ccccc5)c5c(c6ccccc6n5-c5ccccc5)c4n(-c4ccccn4)c3c2)c1. The van der Waals surface area contributed by atoms with Crippen molar-refractivity contribution < 1.29 is 9.30 Å². The highest BCUT2D eigenvalue weighted by Gasteiger charge is 2.29. The number of ether oxygens (including phenoxy) is 1. The van der Waals surface area contributed by atoms with Gasteiger partial charge in [-0.15, -0.1) is 0 Å². The summed E-state index contributed by atoms with van der Waals surface area (Å²) in [5, 5.41) is 6.98. The summed E-state index contributed by atoms with van der Waals surface area (Å²) in [6, 6.07) is 70.1. The van der Waals surface area contributed by atoms with Crippen LogP contribution in [0.3, 0.4) is 0 Å². The van der Waals surface area contributed by atoms with Gasteiger partial charge in [0.15, 0.2) is 0 Å². The van der Waals surface area contributed by atoms with E-state index in [4.69, 9.17) is 9.72 Å². The fourth-order valence-corrected chi connectivity index (χ4v) is 9.68. The van der Waals surface area contributed by atoms with Crippen molar-refractivity contribution >= 4 is 65.4 Å². The fraction of sp³-hybridized carbons (Fsp3) is 0. The maximum absolute atomic E-state index is 6.80. The molecule has 13 aromatic rings. The number of fused-ring (bicyclic) bond motifs is 12. The molecule has 296 valence electrons. The molecule has 0 amide bonds. The number of para-hydroxylation sites is 5. The number of rotatable bonds is 7. The van der Waals surface area contributed by atoms with Gasteiger partial charge in [-0.3, -0.25) is 13.7 Å². The molecule has 8 aromatic carbocycles. The standard InChI is InChI=1S/C56H36N6O/c1-4-17-38(18-5-1)58-33-34-59(37-58)41-23-16-24-42(35-41)63-43-30-31-46-49(36-43)62(50-29-14-15-32-57-50)56-52-45-26-11-13-28-48(45)60(39-19-6-2-7-20-39)54(52)51-44-25-10-12-27-47(44)61(55(51)53(46)56)40-21-8-3-9-22-40/h1-36H. The van der Waals surface area contributed by atoms with Gasteiger partial charge in [-0.1, -0.05) is 103 Å². The van der Waals surface area contributed by atoms with Gasteiger partial charge in [-0.05, 0) is 91.0 Å². The van der Waals surface area contributed by atoms with Crippen molar-refractivity contribution in [3.8, 4) is 40.1 Å². The van der Waals surface area contributed by atoms with Crippen molar-refractivity contribution in [2.45, 2.75) is 0 Å². The van der Waals surface area contributed by atoms with Crippen LogP contribution in [0, 0.1) is 6.33 Å². The Morgan fingerprint density at radius 1 is 0.429 bits per heavy atom. The highest BCUT2D eigenvalue weighted by molar-refractivity contribution is 6.40. The van der Waals surface area contributed by atoms with E-state index in [-0.39, 0.29) is 0 Å². The summed E-state index contributed by atoms with van der Waals surface area (Å²) in [5.74, 6) is 2.27. The number of hydrogen-bond donors (Lipinski definition) is 0. The molecule has 0 aliphatic heterocycles. The molecule has 0 aliphatic carbocycles. The second kappa shape index (κ2) is 13.9. The third-order valence-electron chi connectivity index (χ3n) is 12.3. The largest absolute Gasteiger partial charge is 0.458 e. The highest BCUT2D eigenvalue weighted by atomic mass is 16.5. The van der Waals surface area contributed by atoms with Crippen molar-refractivity contribution in [3.63, 3.8) is 0 Å². The molecule has 0 N–H and O–H groups in total. The van der Waals surface area contributed by atoms with E-state index in [9.17, 15) is 0 Å². The molecule has 63 heavy (non-hydrogen) atoms. The predicted octanol–water partition coefficient (Wildman–Crippen LogP) is 13.0. The van der Waals surface area contributed by atoms with Crippen LogP contribution in [0.5, 0.6) is 11.5 Å². The quantitative estimate of drug-likeness (QED) is 0.119. The molecule has 7 nitrogen and oxygen atoms in total. The number of benzene rings is 8. The maximum atomic E-state index is 6.80. The van der Waals surface area contributed by atoms with E-state index in [0.29, 0.717) is 0 Å². The van der Waals surface area contributed by atoms with Crippen LogP contribution in [-0.2, 0) is 0 Å². The van der Waals surface area contributed by atoms with Gasteiger partial charge in [0, 0.05) is 68.3 Å². The molecular formula is C56H36N6O. The third-order valence-corrected chi connectivity index (χ3v) is 12.3. The van der Waals surface area contributed by atoms with Crippen LogP contribution >= 0.6 is 0 Å². The summed E-state index contributed by atoms with van der Waals surface area (Å²) in [6.45, 7) is 0. The van der Waals surface area contributed by atoms with Crippen molar-refractivity contribution in [1.82, 2.24) is 23.3 Å². The molecule has 0 aliphatic rings. The summed E-state index contributed by atoms with van der Waals surface area (Å²) in [7, 11) is 0. The summed E-state index contributed by atoms with van der Waals surface area (Å²) in [4.78, 5) is 5.06. The molecule has 13 rings (SSSR count). The maximum Gasteiger partial charge on any atom is 0.268 e. The lowest BCUT2D eigenvalue weighted by molar-refractivity contribution is -0.599.